The molecule has 0 unspecified atom stereocenters. The predicted octanol–water partition coefficient (Wildman–Crippen LogP) is 11.3. The topological polar surface area (TPSA) is 31.0 Å². The summed E-state index contributed by atoms with van der Waals surface area (Å²) in [5.41, 5.74) is 6.27. The summed E-state index contributed by atoms with van der Waals surface area (Å²) in [4.78, 5) is 5.14. The first kappa shape index (κ1) is 23.1. The fourth-order valence-corrected chi connectivity index (χ4v) is 8.09. The molecule has 0 saturated carbocycles. The van der Waals surface area contributed by atoms with E-state index in [9.17, 15) is 0 Å². The fraction of sp³-hybridized carbons (Fsp3) is 0. The summed E-state index contributed by atoms with van der Waals surface area (Å²) in [6, 6.07) is 47.7. The summed E-state index contributed by atoms with van der Waals surface area (Å²) in [5, 5.41) is 9.74. The van der Waals surface area contributed by atoms with Crippen molar-refractivity contribution in [2.45, 2.75) is 0 Å². The van der Waals surface area contributed by atoms with Gasteiger partial charge >= 0.3 is 0 Å². The SMILES string of the molecule is c1ccc2c(c1)ccc1c2c2ccccc2n1-c1ccc(-c2nc3c(ccc4sc5ccccc5c43)o2)c2ccccc12. The Morgan fingerprint density at radius 1 is 0.512 bits per heavy atom. The first-order valence-electron chi connectivity index (χ1n) is 14.5. The summed E-state index contributed by atoms with van der Waals surface area (Å²) in [7, 11) is 0. The van der Waals surface area contributed by atoms with E-state index in [0.717, 1.165) is 33.1 Å². The van der Waals surface area contributed by atoms with Crippen molar-refractivity contribution < 1.29 is 4.42 Å². The van der Waals surface area contributed by atoms with E-state index in [1.54, 1.807) is 11.3 Å². The van der Waals surface area contributed by atoms with Gasteiger partial charge in [-0.15, -0.1) is 11.3 Å². The molecular formula is C39H22N2OS. The molecule has 10 rings (SSSR count). The van der Waals surface area contributed by atoms with Crippen LogP contribution in [0.4, 0.5) is 0 Å². The van der Waals surface area contributed by atoms with Crippen molar-refractivity contribution in [3.05, 3.63) is 133 Å². The van der Waals surface area contributed by atoms with E-state index in [4.69, 9.17) is 9.40 Å². The number of aromatic nitrogens is 2. The molecule has 3 heterocycles. The molecule has 3 nitrogen and oxygen atoms in total. The lowest BCUT2D eigenvalue weighted by Gasteiger charge is -2.13. The van der Waals surface area contributed by atoms with Gasteiger partial charge in [0.25, 0.3) is 0 Å². The zero-order chi connectivity index (χ0) is 28.1. The van der Waals surface area contributed by atoms with E-state index < -0.39 is 0 Å². The van der Waals surface area contributed by atoms with Crippen LogP contribution in [0.1, 0.15) is 0 Å². The van der Waals surface area contributed by atoms with Gasteiger partial charge in [-0.2, -0.15) is 0 Å². The van der Waals surface area contributed by atoms with Gasteiger partial charge in [0.1, 0.15) is 5.52 Å². The monoisotopic (exact) mass is 566 g/mol. The summed E-state index contributed by atoms with van der Waals surface area (Å²) in [6.45, 7) is 0. The average Bonchev–Trinajstić information content (AvgIpc) is 3.76. The van der Waals surface area contributed by atoms with Crippen molar-refractivity contribution in [3.63, 3.8) is 0 Å². The van der Waals surface area contributed by atoms with Crippen LogP contribution < -0.4 is 0 Å². The fourth-order valence-electron chi connectivity index (χ4n) is 6.98. The van der Waals surface area contributed by atoms with E-state index in [0.29, 0.717) is 5.89 Å². The van der Waals surface area contributed by atoms with Crippen molar-refractivity contribution in [1.29, 1.82) is 0 Å². The number of fused-ring (bicyclic) bond motifs is 11. The summed E-state index contributed by atoms with van der Waals surface area (Å²) in [5.74, 6) is 0.647. The molecular weight excluding hydrogens is 545 g/mol. The van der Waals surface area contributed by atoms with E-state index in [2.05, 4.69) is 138 Å². The quantitative estimate of drug-likeness (QED) is 0.208. The van der Waals surface area contributed by atoms with Gasteiger partial charge in [-0.1, -0.05) is 91.0 Å². The first-order valence-corrected chi connectivity index (χ1v) is 15.3. The molecule has 0 aliphatic carbocycles. The van der Waals surface area contributed by atoms with Gasteiger partial charge < -0.3 is 8.98 Å². The van der Waals surface area contributed by atoms with Crippen LogP contribution in [0.15, 0.2) is 138 Å². The van der Waals surface area contributed by atoms with Crippen LogP contribution in [0.5, 0.6) is 0 Å². The molecule has 0 bridgehead atoms. The maximum absolute atomic E-state index is 6.49. The number of nitrogens with zero attached hydrogens (tertiary/aromatic N) is 2. The second-order valence-corrected chi connectivity index (χ2v) is 12.2. The Hall–Kier alpha value is -5.45. The van der Waals surface area contributed by atoms with Crippen LogP contribution in [0.3, 0.4) is 0 Å². The average molecular weight is 567 g/mol. The van der Waals surface area contributed by atoms with Crippen LogP contribution >= 0.6 is 11.3 Å². The molecule has 0 saturated heterocycles. The highest BCUT2D eigenvalue weighted by Crippen LogP contribution is 2.42. The van der Waals surface area contributed by atoms with E-state index in [1.165, 1.54) is 52.8 Å². The van der Waals surface area contributed by atoms with E-state index >= 15 is 0 Å². The summed E-state index contributed by atoms with van der Waals surface area (Å²) in [6.07, 6.45) is 0. The number of oxazole rings is 1. The third-order valence-electron chi connectivity index (χ3n) is 8.83. The van der Waals surface area contributed by atoms with Crippen LogP contribution in [0, 0.1) is 0 Å². The Kier molecular flexibility index (Phi) is 4.60. The van der Waals surface area contributed by atoms with Gasteiger partial charge in [0.2, 0.25) is 5.89 Å². The summed E-state index contributed by atoms with van der Waals surface area (Å²) < 4.78 is 11.4. The van der Waals surface area contributed by atoms with Crippen LogP contribution in [0.25, 0.3) is 91.8 Å². The normalized spacial score (nSPS) is 12.2. The third kappa shape index (κ3) is 3.16. The maximum atomic E-state index is 6.49. The molecule has 0 N–H and O–H groups in total. The number of para-hydroxylation sites is 1. The predicted molar refractivity (Wildman–Crippen MR) is 182 cm³/mol. The summed E-state index contributed by atoms with van der Waals surface area (Å²) >= 11 is 1.80. The molecule has 0 radical (unpaired) electrons. The third-order valence-corrected chi connectivity index (χ3v) is 9.97. The molecule has 4 heteroatoms. The Bertz CT molecular complexity index is 2740. The Labute approximate surface area is 249 Å². The van der Waals surface area contributed by atoms with Crippen molar-refractivity contribution in [1.82, 2.24) is 9.55 Å². The highest BCUT2D eigenvalue weighted by atomic mass is 32.1. The number of hydrogen-bond donors (Lipinski definition) is 0. The van der Waals surface area contributed by atoms with Crippen LogP contribution in [-0.4, -0.2) is 9.55 Å². The molecule has 0 aliphatic heterocycles. The lowest BCUT2D eigenvalue weighted by atomic mass is 10.0. The minimum absolute atomic E-state index is 0.647. The molecule has 43 heavy (non-hydrogen) atoms. The molecule has 0 fully saturated rings. The minimum Gasteiger partial charge on any atom is -0.436 e. The molecule has 10 aromatic rings. The van der Waals surface area contributed by atoms with E-state index in [-0.39, 0.29) is 0 Å². The second-order valence-electron chi connectivity index (χ2n) is 11.1. The second kappa shape index (κ2) is 8.54. The molecule has 0 atom stereocenters. The zero-order valence-corrected chi connectivity index (χ0v) is 23.7. The first-order chi connectivity index (χ1) is 21.3. The van der Waals surface area contributed by atoms with Gasteiger partial charge in [-0.25, -0.2) is 4.98 Å². The number of rotatable bonds is 2. The Balaban J connectivity index is 1.26. The van der Waals surface area contributed by atoms with Gasteiger partial charge in [0.05, 0.1) is 16.7 Å². The lowest BCUT2D eigenvalue weighted by Crippen LogP contribution is -1.96. The standard InChI is InChI=1S/C39H22N2OS/c1-2-10-24-23(9-1)17-19-32-36(24)28-13-5-7-15-30(28)41(32)31-20-18-27(25-11-3-4-12-26(25)31)39-40-38-33(42-39)21-22-35-37(38)29-14-6-8-16-34(29)43-35/h1-22H. The van der Waals surface area contributed by atoms with Crippen molar-refractivity contribution in [3.8, 4) is 17.1 Å². The van der Waals surface area contributed by atoms with Crippen LogP contribution in [-0.2, 0) is 0 Å². The van der Waals surface area contributed by atoms with Gasteiger partial charge in [-0.05, 0) is 58.6 Å². The zero-order valence-electron chi connectivity index (χ0n) is 22.9. The largest absolute Gasteiger partial charge is 0.436 e. The lowest BCUT2D eigenvalue weighted by molar-refractivity contribution is 0.620. The van der Waals surface area contributed by atoms with Crippen molar-refractivity contribution in [2.75, 3.05) is 0 Å². The number of benzene rings is 7. The van der Waals surface area contributed by atoms with Crippen molar-refractivity contribution >= 4 is 86.0 Å². The number of hydrogen-bond acceptors (Lipinski definition) is 3. The van der Waals surface area contributed by atoms with Crippen molar-refractivity contribution in [2.24, 2.45) is 0 Å². The maximum Gasteiger partial charge on any atom is 0.227 e. The smallest absolute Gasteiger partial charge is 0.227 e. The van der Waals surface area contributed by atoms with Crippen LogP contribution in [0.2, 0.25) is 0 Å². The molecule has 0 amide bonds. The molecule has 3 aromatic heterocycles. The minimum atomic E-state index is 0.647. The van der Waals surface area contributed by atoms with E-state index in [1.807, 2.05) is 0 Å². The Morgan fingerprint density at radius 3 is 2.16 bits per heavy atom. The van der Waals surface area contributed by atoms with Gasteiger partial charge in [-0.3, -0.25) is 0 Å². The molecule has 0 aliphatic rings. The number of thiophene rings is 1. The highest BCUT2D eigenvalue weighted by molar-refractivity contribution is 7.26. The van der Waals surface area contributed by atoms with Gasteiger partial charge in [0, 0.05) is 41.9 Å². The molecule has 200 valence electrons. The Morgan fingerprint density at radius 2 is 1.26 bits per heavy atom. The molecule has 7 aromatic carbocycles. The molecule has 0 spiro atoms. The highest BCUT2D eigenvalue weighted by Gasteiger charge is 2.20. The van der Waals surface area contributed by atoms with Gasteiger partial charge in [0.15, 0.2) is 5.58 Å².